The maximum absolute atomic E-state index is 12.4. The number of amides is 1. The molecule has 0 aromatic heterocycles. The van der Waals surface area contributed by atoms with Crippen LogP contribution in [0, 0.1) is 0 Å². The SMILES string of the molecule is CN1CCN(C(=O)CN2CCc3ccc(N)cc3C2)CC1. The predicted molar refractivity (Wildman–Crippen MR) is 83.9 cm³/mol. The van der Waals surface area contributed by atoms with Gasteiger partial charge in [0.15, 0.2) is 0 Å². The van der Waals surface area contributed by atoms with Gasteiger partial charge in [-0.05, 0) is 36.7 Å². The fourth-order valence-corrected chi connectivity index (χ4v) is 3.12. The van der Waals surface area contributed by atoms with Crippen molar-refractivity contribution in [3.63, 3.8) is 0 Å². The van der Waals surface area contributed by atoms with Crippen molar-refractivity contribution in [2.24, 2.45) is 0 Å². The third-order valence-electron chi connectivity index (χ3n) is 4.54. The minimum atomic E-state index is 0.260. The zero-order chi connectivity index (χ0) is 14.8. The Morgan fingerprint density at radius 1 is 1.14 bits per heavy atom. The van der Waals surface area contributed by atoms with Crippen molar-refractivity contribution in [3.05, 3.63) is 29.3 Å². The molecule has 114 valence electrons. The van der Waals surface area contributed by atoms with Crippen LogP contribution in [-0.4, -0.2) is 66.9 Å². The summed E-state index contributed by atoms with van der Waals surface area (Å²) >= 11 is 0. The molecule has 0 radical (unpaired) electrons. The van der Waals surface area contributed by atoms with Crippen LogP contribution in [0.4, 0.5) is 5.69 Å². The van der Waals surface area contributed by atoms with E-state index in [1.54, 1.807) is 0 Å². The standard InChI is InChI=1S/C16H24N4O/c1-18-6-8-20(9-7-18)16(21)12-19-5-4-13-2-3-15(17)10-14(13)11-19/h2-3,10H,4-9,11-12,17H2,1H3. The Hall–Kier alpha value is -1.59. The molecular formula is C16H24N4O. The molecule has 1 aromatic rings. The highest BCUT2D eigenvalue weighted by Crippen LogP contribution is 2.21. The molecule has 1 aromatic carbocycles. The summed E-state index contributed by atoms with van der Waals surface area (Å²) in [5, 5.41) is 0. The molecule has 2 aliphatic rings. The molecule has 0 spiro atoms. The summed E-state index contributed by atoms with van der Waals surface area (Å²) in [7, 11) is 2.10. The number of piperazine rings is 1. The molecule has 0 unspecified atom stereocenters. The normalized spacial score (nSPS) is 20.3. The van der Waals surface area contributed by atoms with Crippen molar-refractivity contribution in [2.75, 3.05) is 52.0 Å². The van der Waals surface area contributed by atoms with E-state index in [-0.39, 0.29) is 5.91 Å². The van der Waals surface area contributed by atoms with Crippen LogP contribution in [0.25, 0.3) is 0 Å². The van der Waals surface area contributed by atoms with Gasteiger partial charge in [-0.2, -0.15) is 0 Å². The van der Waals surface area contributed by atoms with E-state index in [0.29, 0.717) is 6.54 Å². The van der Waals surface area contributed by atoms with Gasteiger partial charge in [0.1, 0.15) is 0 Å². The van der Waals surface area contributed by atoms with Crippen molar-refractivity contribution < 1.29 is 4.79 Å². The quantitative estimate of drug-likeness (QED) is 0.801. The highest BCUT2D eigenvalue weighted by Gasteiger charge is 2.23. The number of benzene rings is 1. The first-order chi connectivity index (χ1) is 10.1. The van der Waals surface area contributed by atoms with Crippen LogP contribution in [0.15, 0.2) is 18.2 Å². The molecule has 1 saturated heterocycles. The van der Waals surface area contributed by atoms with Crippen molar-refractivity contribution in [1.82, 2.24) is 14.7 Å². The number of rotatable bonds is 2. The van der Waals surface area contributed by atoms with Crippen LogP contribution < -0.4 is 5.73 Å². The minimum Gasteiger partial charge on any atom is -0.399 e. The van der Waals surface area contributed by atoms with Gasteiger partial charge in [-0.15, -0.1) is 0 Å². The second kappa shape index (κ2) is 6.03. The molecule has 0 saturated carbocycles. The molecule has 1 amide bonds. The molecule has 2 heterocycles. The Bertz CT molecular complexity index is 523. The van der Waals surface area contributed by atoms with Gasteiger partial charge in [-0.3, -0.25) is 9.69 Å². The monoisotopic (exact) mass is 288 g/mol. The summed E-state index contributed by atoms with van der Waals surface area (Å²) < 4.78 is 0. The number of anilines is 1. The first-order valence-corrected chi connectivity index (χ1v) is 7.68. The molecule has 5 nitrogen and oxygen atoms in total. The minimum absolute atomic E-state index is 0.260. The lowest BCUT2D eigenvalue weighted by molar-refractivity contribution is -0.134. The van der Waals surface area contributed by atoms with Gasteiger partial charge in [0, 0.05) is 45.0 Å². The Kier molecular flexibility index (Phi) is 4.12. The zero-order valence-corrected chi connectivity index (χ0v) is 12.7. The number of hydrogen-bond donors (Lipinski definition) is 1. The maximum Gasteiger partial charge on any atom is 0.236 e. The van der Waals surface area contributed by atoms with E-state index in [0.717, 1.165) is 51.4 Å². The molecule has 0 aliphatic carbocycles. The number of likely N-dealkylation sites (N-methyl/N-ethyl adjacent to an activating group) is 1. The van der Waals surface area contributed by atoms with E-state index in [1.807, 2.05) is 17.0 Å². The first-order valence-electron chi connectivity index (χ1n) is 7.68. The molecule has 1 fully saturated rings. The Morgan fingerprint density at radius 3 is 2.67 bits per heavy atom. The van der Waals surface area contributed by atoms with Crippen LogP contribution in [0.1, 0.15) is 11.1 Å². The van der Waals surface area contributed by atoms with Gasteiger partial charge in [0.05, 0.1) is 6.54 Å². The predicted octanol–water partition coefficient (Wildman–Crippen LogP) is 0.401. The fourth-order valence-electron chi connectivity index (χ4n) is 3.12. The zero-order valence-electron chi connectivity index (χ0n) is 12.7. The van der Waals surface area contributed by atoms with Crippen molar-refractivity contribution in [3.8, 4) is 0 Å². The van der Waals surface area contributed by atoms with E-state index >= 15 is 0 Å². The van der Waals surface area contributed by atoms with E-state index in [1.165, 1.54) is 11.1 Å². The van der Waals surface area contributed by atoms with Crippen LogP contribution in [0.2, 0.25) is 0 Å². The molecule has 2 aliphatic heterocycles. The lowest BCUT2D eigenvalue weighted by Crippen LogP contribution is -2.50. The van der Waals surface area contributed by atoms with Crippen molar-refractivity contribution >= 4 is 11.6 Å². The molecule has 3 rings (SSSR count). The third kappa shape index (κ3) is 3.36. The Morgan fingerprint density at radius 2 is 1.90 bits per heavy atom. The largest absolute Gasteiger partial charge is 0.399 e. The summed E-state index contributed by atoms with van der Waals surface area (Å²) in [5.41, 5.74) is 9.31. The third-order valence-corrected chi connectivity index (χ3v) is 4.54. The number of carbonyl (C=O) groups excluding carboxylic acids is 1. The number of nitrogen functional groups attached to an aromatic ring is 1. The summed E-state index contributed by atoms with van der Waals surface area (Å²) in [6.45, 7) is 5.98. The topological polar surface area (TPSA) is 52.8 Å². The molecule has 5 heteroatoms. The first kappa shape index (κ1) is 14.4. The van der Waals surface area contributed by atoms with Crippen LogP contribution in [0.3, 0.4) is 0 Å². The van der Waals surface area contributed by atoms with Crippen LogP contribution in [0.5, 0.6) is 0 Å². The molecular weight excluding hydrogens is 264 g/mol. The van der Waals surface area contributed by atoms with E-state index in [4.69, 9.17) is 5.73 Å². The van der Waals surface area contributed by atoms with E-state index < -0.39 is 0 Å². The number of nitrogens with two attached hydrogens (primary N) is 1. The number of hydrogen-bond acceptors (Lipinski definition) is 4. The van der Waals surface area contributed by atoms with Crippen molar-refractivity contribution in [1.29, 1.82) is 0 Å². The molecule has 0 atom stereocenters. The van der Waals surface area contributed by atoms with Gasteiger partial charge >= 0.3 is 0 Å². The van der Waals surface area contributed by atoms with Gasteiger partial charge in [-0.1, -0.05) is 6.07 Å². The Labute approximate surface area is 126 Å². The maximum atomic E-state index is 12.4. The Balaban J connectivity index is 1.58. The van der Waals surface area contributed by atoms with Gasteiger partial charge in [-0.25, -0.2) is 0 Å². The molecule has 2 N–H and O–H groups in total. The van der Waals surface area contributed by atoms with Crippen LogP contribution >= 0.6 is 0 Å². The number of fused-ring (bicyclic) bond motifs is 1. The van der Waals surface area contributed by atoms with Crippen molar-refractivity contribution in [2.45, 2.75) is 13.0 Å². The van der Waals surface area contributed by atoms with Gasteiger partial charge in [0.25, 0.3) is 0 Å². The smallest absolute Gasteiger partial charge is 0.236 e. The second-order valence-corrected chi connectivity index (χ2v) is 6.17. The summed E-state index contributed by atoms with van der Waals surface area (Å²) in [4.78, 5) is 18.9. The second-order valence-electron chi connectivity index (χ2n) is 6.17. The fraction of sp³-hybridized carbons (Fsp3) is 0.562. The summed E-state index contributed by atoms with van der Waals surface area (Å²) in [5.74, 6) is 0.260. The van der Waals surface area contributed by atoms with E-state index in [2.05, 4.69) is 22.9 Å². The summed E-state index contributed by atoms with van der Waals surface area (Å²) in [6.07, 6.45) is 1.01. The highest BCUT2D eigenvalue weighted by atomic mass is 16.2. The molecule has 0 bridgehead atoms. The average molecular weight is 288 g/mol. The summed E-state index contributed by atoms with van der Waals surface area (Å²) in [6, 6.07) is 6.12. The molecule has 21 heavy (non-hydrogen) atoms. The average Bonchev–Trinajstić information content (AvgIpc) is 2.47. The lowest BCUT2D eigenvalue weighted by Gasteiger charge is -2.35. The highest BCUT2D eigenvalue weighted by molar-refractivity contribution is 5.78. The number of carbonyl (C=O) groups is 1. The van der Waals surface area contributed by atoms with Gasteiger partial charge < -0.3 is 15.5 Å². The van der Waals surface area contributed by atoms with Gasteiger partial charge in [0.2, 0.25) is 5.91 Å². The number of nitrogens with zero attached hydrogens (tertiary/aromatic N) is 3. The lowest BCUT2D eigenvalue weighted by atomic mass is 9.99. The van der Waals surface area contributed by atoms with E-state index in [9.17, 15) is 4.79 Å². The van der Waals surface area contributed by atoms with Crippen LogP contribution in [-0.2, 0) is 17.8 Å².